The fourth-order valence-corrected chi connectivity index (χ4v) is 9.32. The van der Waals surface area contributed by atoms with Gasteiger partial charge in [0, 0.05) is 57.7 Å². The number of allylic oxidation sites excluding steroid dienone is 8. The quantitative estimate of drug-likeness (QED) is 0.0355. The average Bonchev–Trinajstić information content (AvgIpc) is 3.87. The second-order valence-electron chi connectivity index (χ2n) is 19.9. The lowest BCUT2D eigenvalue weighted by molar-refractivity contribution is -0.187. The van der Waals surface area contributed by atoms with Crippen molar-refractivity contribution in [2.75, 3.05) is 39.9 Å². The van der Waals surface area contributed by atoms with Gasteiger partial charge in [-0.2, -0.15) is 0 Å². The van der Waals surface area contributed by atoms with Crippen molar-refractivity contribution < 1.29 is 28.6 Å². The number of hydrogen-bond acceptors (Lipinski definition) is 7. The maximum atomic E-state index is 12.3. The van der Waals surface area contributed by atoms with Crippen molar-refractivity contribution in [3.8, 4) is 0 Å². The van der Waals surface area contributed by atoms with Crippen molar-refractivity contribution in [3.05, 3.63) is 60.8 Å². The third kappa shape index (κ3) is 34.2. The predicted molar refractivity (Wildman–Crippen MR) is 290 cm³/mol. The molecule has 1 fully saturated rings. The standard InChI is InChI=1S/C60H105N3O6/c1-4-6-8-10-12-14-16-18-20-22-24-26-28-30-32-38-48-60(49-39-33-31-29-27-25-23-21-19-17-15-13-11-9-7-5-2)68-55(46-51-61-3)56(69-60)47-54-67-53-42-35-34-40-50-62-57(64)43-37-36-41-52-63-58(65)44-45-59(63)66/h12-15,18-21,44-45,55-56,61H,4-11,16-17,22-43,46-54H2,1-3H3,(H,62,64)/b14-12-,15-13-,20-18-,21-19-. The number of imide groups is 1. The molecule has 0 aliphatic carbocycles. The Balaban J connectivity index is 1.69. The third-order valence-electron chi connectivity index (χ3n) is 13.6. The third-order valence-corrected chi connectivity index (χ3v) is 13.6. The minimum Gasteiger partial charge on any atom is -0.381 e. The lowest BCUT2D eigenvalue weighted by atomic mass is 9.98. The van der Waals surface area contributed by atoms with Crippen molar-refractivity contribution in [2.45, 2.75) is 263 Å². The van der Waals surface area contributed by atoms with Gasteiger partial charge in [-0.05, 0) is 129 Å². The fraction of sp³-hybridized carbons (Fsp3) is 0.783. The van der Waals surface area contributed by atoms with E-state index in [9.17, 15) is 14.4 Å². The highest BCUT2D eigenvalue weighted by Gasteiger charge is 2.46. The van der Waals surface area contributed by atoms with Crippen molar-refractivity contribution in [1.29, 1.82) is 0 Å². The number of nitrogens with zero attached hydrogens (tertiary/aromatic N) is 1. The molecule has 69 heavy (non-hydrogen) atoms. The number of ether oxygens (including phenoxy) is 3. The Hall–Kier alpha value is -2.85. The molecular weight excluding hydrogens is 859 g/mol. The van der Waals surface area contributed by atoms with E-state index in [1.165, 1.54) is 145 Å². The predicted octanol–water partition coefficient (Wildman–Crippen LogP) is 15.1. The first kappa shape index (κ1) is 62.3. The van der Waals surface area contributed by atoms with Crippen LogP contribution in [-0.4, -0.2) is 80.5 Å². The maximum absolute atomic E-state index is 12.3. The zero-order valence-electron chi connectivity index (χ0n) is 44.8. The molecule has 0 spiro atoms. The Labute approximate surface area is 423 Å². The van der Waals surface area contributed by atoms with E-state index in [0.717, 1.165) is 109 Å². The summed E-state index contributed by atoms with van der Waals surface area (Å²) in [5, 5.41) is 6.39. The van der Waals surface area contributed by atoms with Gasteiger partial charge in [-0.15, -0.1) is 0 Å². The number of nitrogens with one attached hydrogen (secondary N) is 2. The van der Waals surface area contributed by atoms with Crippen LogP contribution in [0.25, 0.3) is 0 Å². The van der Waals surface area contributed by atoms with Crippen LogP contribution in [0.4, 0.5) is 0 Å². The highest BCUT2D eigenvalue weighted by atomic mass is 16.8. The summed E-state index contributed by atoms with van der Waals surface area (Å²) < 4.78 is 20.2. The van der Waals surface area contributed by atoms with Gasteiger partial charge in [-0.1, -0.05) is 159 Å². The second kappa shape index (κ2) is 45.0. The van der Waals surface area contributed by atoms with Crippen LogP contribution in [0.2, 0.25) is 0 Å². The zero-order chi connectivity index (χ0) is 49.6. The Morgan fingerprint density at radius 2 is 1.01 bits per heavy atom. The van der Waals surface area contributed by atoms with Crippen LogP contribution >= 0.6 is 0 Å². The van der Waals surface area contributed by atoms with Gasteiger partial charge in [-0.25, -0.2) is 0 Å². The van der Waals surface area contributed by atoms with E-state index in [0.29, 0.717) is 26.1 Å². The molecule has 2 rings (SSSR count). The van der Waals surface area contributed by atoms with E-state index in [2.05, 4.69) is 73.1 Å². The highest BCUT2D eigenvalue weighted by Crippen LogP contribution is 2.40. The molecule has 0 aromatic heterocycles. The average molecular weight is 965 g/mol. The maximum Gasteiger partial charge on any atom is 0.253 e. The van der Waals surface area contributed by atoms with E-state index in [1.807, 2.05) is 7.05 Å². The molecule has 0 aromatic rings. The van der Waals surface area contributed by atoms with Crippen LogP contribution in [-0.2, 0) is 28.6 Å². The summed E-state index contributed by atoms with van der Waals surface area (Å²) in [6.45, 7) is 8.00. The van der Waals surface area contributed by atoms with Crippen LogP contribution in [0.5, 0.6) is 0 Å². The molecule has 3 amide bonds. The minimum atomic E-state index is -0.475. The van der Waals surface area contributed by atoms with Gasteiger partial charge in [0.25, 0.3) is 11.8 Å². The molecule has 2 unspecified atom stereocenters. The fourth-order valence-electron chi connectivity index (χ4n) is 9.32. The summed E-state index contributed by atoms with van der Waals surface area (Å²) in [5.74, 6) is -0.880. The Bertz CT molecular complexity index is 1340. The van der Waals surface area contributed by atoms with Gasteiger partial charge in [0.2, 0.25) is 5.91 Å². The van der Waals surface area contributed by atoms with Crippen LogP contribution < -0.4 is 10.6 Å². The molecule has 0 aromatic carbocycles. The smallest absolute Gasteiger partial charge is 0.253 e. The van der Waals surface area contributed by atoms with Crippen molar-refractivity contribution in [2.24, 2.45) is 0 Å². The summed E-state index contributed by atoms with van der Waals surface area (Å²) in [4.78, 5) is 36.8. The van der Waals surface area contributed by atoms with Crippen LogP contribution in [0, 0.1) is 0 Å². The summed E-state index contributed by atoms with van der Waals surface area (Å²) in [5.41, 5.74) is 0. The minimum absolute atomic E-state index is 0.0620. The molecule has 2 heterocycles. The lowest BCUT2D eigenvalue weighted by Crippen LogP contribution is -2.31. The number of rotatable bonds is 49. The van der Waals surface area contributed by atoms with Gasteiger partial charge in [0.1, 0.15) is 0 Å². The molecule has 396 valence electrons. The molecule has 0 radical (unpaired) electrons. The zero-order valence-corrected chi connectivity index (χ0v) is 44.8. The first-order chi connectivity index (χ1) is 33.9. The van der Waals surface area contributed by atoms with E-state index < -0.39 is 5.79 Å². The van der Waals surface area contributed by atoms with Crippen LogP contribution in [0.1, 0.15) is 245 Å². The van der Waals surface area contributed by atoms with Crippen molar-refractivity contribution >= 4 is 17.7 Å². The summed E-state index contributed by atoms with van der Waals surface area (Å²) in [7, 11) is 2.02. The van der Waals surface area contributed by atoms with Gasteiger partial charge in [-0.3, -0.25) is 19.3 Å². The van der Waals surface area contributed by atoms with E-state index in [4.69, 9.17) is 14.2 Å². The van der Waals surface area contributed by atoms with Crippen LogP contribution in [0.3, 0.4) is 0 Å². The Morgan fingerprint density at radius 1 is 0.551 bits per heavy atom. The van der Waals surface area contributed by atoms with Gasteiger partial charge in [0.15, 0.2) is 5.79 Å². The SMILES string of the molecule is CCCCC/C=C\C/C=C\CCCCCCCCC1(CCCCCCCC/C=C\C/C=C\CCCCC)OC(CCNC)C(CCOCCCCCCNC(=O)CCCCCN2C(=O)C=CC2=O)O1. The summed E-state index contributed by atoms with van der Waals surface area (Å²) >= 11 is 0. The largest absolute Gasteiger partial charge is 0.381 e. The highest BCUT2D eigenvalue weighted by molar-refractivity contribution is 6.12. The molecule has 2 aliphatic rings. The topological polar surface area (TPSA) is 106 Å². The van der Waals surface area contributed by atoms with E-state index >= 15 is 0 Å². The number of carbonyl (C=O) groups is 3. The van der Waals surface area contributed by atoms with E-state index in [-0.39, 0.29) is 29.9 Å². The Kier molecular flexibility index (Phi) is 40.6. The number of unbranched alkanes of at least 4 members (excludes halogenated alkanes) is 23. The molecule has 2 atom stereocenters. The molecule has 2 N–H and O–H groups in total. The van der Waals surface area contributed by atoms with Crippen LogP contribution in [0.15, 0.2) is 60.8 Å². The second-order valence-corrected chi connectivity index (χ2v) is 19.9. The molecule has 1 saturated heterocycles. The molecule has 0 bridgehead atoms. The lowest BCUT2D eigenvalue weighted by Gasteiger charge is -2.29. The first-order valence-corrected chi connectivity index (χ1v) is 28.9. The molecule has 9 heteroatoms. The molecule has 0 saturated carbocycles. The van der Waals surface area contributed by atoms with Crippen molar-refractivity contribution in [3.63, 3.8) is 0 Å². The molecule has 9 nitrogen and oxygen atoms in total. The number of amides is 3. The van der Waals surface area contributed by atoms with E-state index in [1.54, 1.807) is 0 Å². The summed E-state index contributed by atoms with van der Waals surface area (Å²) in [6, 6.07) is 0. The number of hydrogen-bond donors (Lipinski definition) is 2. The van der Waals surface area contributed by atoms with Gasteiger partial charge in [0.05, 0.1) is 12.2 Å². The van der Waals surface area contributed by atoms with Gasteiger partial charge < -0.3 is 24.8 Å². The normalized spacial score (nSPS) is 17.2. The first-order valence-electron chi connectivity index (χ1n) is 28.9. The monoisotopic (exact) mass is 964 g/mol. The molecule has 2 aliphatic heterocycles. The number of carbonyl (C=O) groups excluding carboxylic acids is 3. The summed E-state index contributed by atoms with van der Waals surface area (Å²) in [6.07, 6.45) is 62.3. The van der Waals surface area contributed by atoms with Crippen molar-refractivity contribution in [1.82, 2.24) is 15.5 Å². The Morgan fingerprint density at radius 3 is 1.55 bits per heavy atom. The van der Waals surface area contributed by atoms with Gasteiger partial charge >= 0.3 is 0 Å². The molecular formula is C60H105N3O6.